The van der Waals surface area contributed by atoms with Gasteiger partial charge in [0.05, 0.1) is 19.8 Å². The number of likely N-dealkylation sites (tertiary alicyclic amines) is 1. The van der Waals surface area contributed by atoms with Crippen LogP contribution >= 0.6 is 0 Å². The minimum absolute atomic E-state index is 0.215. The molecule has 23 heavy (non-hydrogen) atoms. The van der Waals surface area contributed by atoms with Crippen LogP contribution in [0.2, 0.25) is 0 Å². The highest BCUT2D eigenvalue weighted by Gasteiger charge is 2.41. The minimum atomic E-state index is -0.328. The maximum Gasteiger partial charge on any atom is 0.234 e. The van der Waals surface area contributed by atoms with Crippen LogP contribution in [-0.2, 0) is 14.3 Å². The number of rotatable bonds is 3. The van der Waals surface area contributed by atoms with Crippen LogP contribution in [0.5, 0.6) is 0 Å². The van der Waals surface area contributed by atoms with Crippen LogP contribution in [0.4, 0.5) is 0 Å². The average Bonchev–Trinajstić information content (AvgIpc) is 3.20. The molecule has 0 bridgehead atoms. The van der Waals surface area contributed by atoms with Gasteiger partial charge in [-0.25, -0.2) is 0 Å². The highest BCUT2D eigenvalue weighted by molar-refractivity contribution is 5.78. The molecule has 2 heterocycles. The van der Waals surface area contributed by atoms with Gasteiger partial charge >= 0.3 is 0 Å². The molecule has 4 aliphatic rings. The van der Waals surface area contributed by atoms with Crippen LogP contribution in [0.3, 0.4) is 0 Å². The van der Waals surface area contributed by atoms with Crippen molar-refractivity contribution in [2.24, 2.45) is 5.92 Å². The summed E-state index contributed by atoms with van der Waals surface area (Å²) in [5.74, 6) is 0.736. The number of hydrogen-bond donors (Lipinski definition) is 1. The predicted octanol–water partition coefficient (Wildman–Crippen LogP) is 2.05. The Labute approximate surface area is 139 Å². The molecule has 2 aliphatic carbocycles. The van der Waals surface area contributed by atoms with Crippen LogP contribution in [0.1, 0.15) is 57.8 Å². The van der Waals surface area contributed by atoms with Crippen LogP contribution in [-0.4, -0.2) is 55.0 Å². The molecule has 2 aliphatic heterocycles. The van der Waals surface area contributed by atoms with E-state index in [1.54, 1.807) is 0 Å². The number of carbonyl (C=O) groups excluding carboxylic acids is 1. The van der Waals surface area contributed by atoms with Crippen molar-refractivity contribution in [3.05, 3.63) is 0 Å². The maximum atomic E-state index is 12.5. The van der Waals surface area contributed by atoms with Crippen LogP contribution in [0.25, 0.3) is 0 Å². The summed E-state index contributed by atoms with van der Waals surface area (Å²) in [6, 6.07) is 0.967. The Morgan fingerprint density at radius 3 is 2.57 bits per heavy atom. The third kappa shape index (κ3) is 3.42. The standard InChI is InChI=1S/C18H30N2O3/c21-17(13-20-10-2-4-14-3-1-5-16(14)20)19-15-6-8-18(9-7-15)22-11-12-23-18/h14-16H,1-13H2,(H,19,21)/t14-,16+/m0/s1. The Bertz CT molecular complexity index is 426. The van der Waals surface area contributed by atoms with E-state index in [0.29, 0.717) is 31.8 Å². The fourth-order valence-corrected chi connectivity index (χ4v) is 5.20. The zero-order valence-corrected chi connectivity index (χ0v) is 14.1. The fourth-order valence-electron chi connectivity index (χ4n) is 5.20. The zero-order valence-electron chi connectivity index (χ0n) is 14.1. The first kappa shape index (κ1) is 15.9. The van der Waals surface area contributed by atoms with Crippen molar-refractivity contribution >= 4 is 5.91 Å². The van der Waals surface area contributed by atoms with E-state index >= 15 is 0 Å². The highest BCUT2D eigenvalue weighted by Crippen LogP contribution is 2.37. The number of carbonyl (C=O) groups is 1. The Morgan fingerprint density at radius 2 is 1.78 bits per heavy atom. The predicted molar refractivity (Wildman–Crippen MR) is 87.0 cm³/mol. The SMILES string of the molecule is O=C(CN1CCC[C@@H]2CCC[C@H]21)NC1CCC2(CC1)OCCO2. The highest BCUT2D eigenvalue weighted by atomic mass is 16.7. The van der Waals surface area contributed by atoms with Gasteiger partial charge in [0.2, 0.25) is 5.91 Å². The lowest BCUT2D eigenvalue weighted by Gasteiger charge is -2.38. The van der Waals surface area contributed by atoms with Crippen molar-refractivity contribution in [3.8, 4) is 0 Å². The normalized spacial score (nSPS) is 34.6. The third-order valence-corrected chi connectivity index (χ3v) is 6.38. The lowest BCUT2D eigenvalue weighted by Crippen LogP contribution is -2.50. The van der Waals surface area contributed by atoms with Gasteiger partial charge in [-0.15, -0.1) is 0 Å². The first-order valence-electron chi connectivity index (χ1n) is 9.55. The number of amides is 1. The summed E-state index contributed by atoms with van der Waals surface area (Å²) in [6.45, 7) is 3.13. The van der Waals surface area contributed by atoms with E-state index in [0.717, 1.165) is 38.1 Å². The van der Waals surface area contributed by atoms with Gasteiger partial charge in [-0.2, -0.15) is 0 Å². The molecule has 0 aromatic carbocycles. The minimum Gasteiger partial charge on any atom is -0.352 e. The van der Waals surface area contributed by atoms with E-state index in [-0.39, 0.29) is 11.7 Å². The summed E-state index contributed by atoms with van der Waals surface area (Å²) in [5.41, 5.74) is 0. The van der Waals surface area contributed by atoms with E-state index < -0.39 is 0 Å². The van der Waals surface area contributed by atoms with E-state index in [4.69, 9.17) is 9.47 Å². The summed E-state index contributed by atoms with van der Waals surface area (Å²) in [4.78, 5) is 14.9. The number of piperidine rings is 1. The molecule has 2 saturated carbocycles. The van der Waals surface area contributed by atoms with E-state index in [2.05, 4.69) is 10.2 Å². The summed E-state index contributed by atoms with van der Waals surface area (Å²) >= 11 is 0. The molecular formula is C18H30N2O3. The molecular weight excluding hydrogens is 292 g/mol. The monoisotopic (exact) mass is 322 g/mol. The summed E-state index contributed by atoms with van der Waals surface area (Å²) in [5, 5.41) is 3.26. The smallest absolute Gasteiger partial charge is 0.234 e. The number of nitrogens with zero attached hydrogens (tertiary/aromatic N) is 1. The van der Waals surface area contributed by atoms with Gasteiger partial charge in [0, 0.05) is 24.9 Å². The molecule has 4 fully saturated rings. The third-order valence-electron chi connectivity index (χ3n) is 6.38. The molecule has 2 atom stereocenters. The molecule has 0 radical (unpaired) electrons. The average molecular weight is 322 g/mol. The van der Waals surface area contributed by atoms with Crippen molar-refractivity contribution in [1.82, 2.24) is 10.2 Å². The zero-order chi connectivity index (χ0) is 15.7. The molecule has 1 amide bonds. The van der Waals surface area contributed by atoms with Crippen molar-refractivity contribution in [2.45, 2.75) is 75.7 Å². The lowest BCUT2D eigenvalue weighted by molar-refractivity contribution is -0.180. The molecule has 4 rings (SSSR count). The molecule has 5 nitrogen and oxygen atoms in total. The number of fused-ring (bicyclic) bond motifs is 1. The van der Waals surface area contributed by atoms with Crippen molar-refractivity contribution in [1.29, 1.82) is 0 Å². The molecule has 2 saturated heterocycles. The molecule has 0 aromatic rings. The maximum absolute atomic E-state index is 12.5. The van der Waals surface area contributed by atoms with E-state index in [9.17, 15) is 4.79 Å². The Hall–Kier alpha value is -0.650. The summed E-state index contributed by atoms with van der Waals surface area (Å²) < 4.78 is 11.5. The first-order chi connectivity index (χ1) is 11.2. The Morgan fingerprint density at radius 1 is 1.04 bits per heavy atom. The molecule has 5 heteroatoms. The largest absolute Gasteiger partial charge is 0.352 e. The summed E-state index contributed by atoms with van der Waals surface area (Å²) in [7, 11) is 0. The molecule has 1 N–H and O–H groups in total. The molecule has 0 unspecified atom stereocenters. The van der Waals surface area contributed by atoms with Gasteiger partial charge in [0.1, 0.15) is 0 Å². The second kappa shape index (κ2) is 6.69. The second-order valence-corrected chi connectivity index (χ2v) is 7.82. The van der Waals surface area contributed by atoms with Gasteiger partial charge in [0.15, 0.2) is 5.79 Å². The molecule has 130 valence electrons. The Kier molecular flexibility index (Phi) is 4.61. The lowest BCUT2D eigenvalue weighted by atomic mass is 9.90. The topological polar surface area (TPSA) is 50.8 Å². The van der Waals surface area contributed by atoms with E-state index in [1.807, 2.05) is 0 Å². The Balaban J connectivity index is 1.24. The van der Waals surface area contributed by atoms with Gasteiger partial charge < -0.3 is 14.8 Å². The van der Waals surface area contributed by atoms with Crippen molar-refractivity contribution in [2.75, 3.05) is 26.3 Å². The fraction of sp³-hybridized carbons (Fsp3) is 0.944. The van der Waals surface area contributed by atoms with Crippen LogP contribution in [0.15, 0.2) is 0 Å². The second-order valence-electron chi connectivity index (χ2n) is 7.82. The first-order valence-corrected chi connectivity index (χ1v) is 9.55. The van der Waals surface area contributed by atoms with E-state index in [1.165, 1.54) is 32.1 Å². The molecule has 1 spiro atoms. The quantitative estimate of drug-likeness (QED) is 0.864. The molecule has 0 aromatic heterocycles. The number of hydrogen-bond acceptors (Lipinski definition) is 4. The van der Waals surface area contributed by atoms with Gasteiger partial charge in [-0.1, -0.05) is 6.42 Å². The van der Waals surface area contributed by atoms with Gasteiger partial charge in [-0.3, -0.25) is 9.69 Å². The van der Waals surface area contributed by atoms with Crippen molar-refractivity contribution in [3.63, 3.8) is 0 Å². The van der Waals surface area contributed by atoms with Crippen LogP contribution in [0, 0.1) is 5.92 Å². The number of nitrogens with one attached hydrogen (secondary N) is 1. The summed E-state index contributed by atoms with van der Waals surface area (Å²) in [6.07, 6.45) is 10.4. The van der Waals surface area contributed by atoms with Gasteiger partial charge in [-0.05, 0) is 51.0 Å². The number of ether oxygens (including phenoxy) is 2. The van der Waals surface area contributed by atoms with Crippen LogP contribution < -0.4 is 5.32 Å². The van der Waals surface area contributed by atoms with Crippen molar-refractivity contribution < 1.29 is 14.3 Å². The van der Waals surface area contributed by atoms with Gasteiger partial charge in [0.25, 0.3) is 0 Å².